The SMILES string of the molecule is CSCCC(NC(=O)C(Cc1cnc[nH]1)NC(=O)C(CC(C)C)NC(=O)C(N)CCCCN)C(=O)O. The molecule has 9 N–H and O–H groups in total. The van der Waals surface area contributed by atoms with Gasteiger partial charge in [0.1, 0.15) is 18.1 Å². The third kappa shape index (κ3) is 11.9. The summed E-state index contributed by atoms with van der Waals surface area (Å²) in [5.74, 6) is -2.19. The lowest BCUT2D eigenvalue weighted by Gasteiger charge is -2.26. The molecule has 0 fully saturated rings. The van der Waals surface area contributed by atoms with Crippen LogP contribution in [0.15, 0.2) is 12.5 Å². The predicted molar refractivity (Wildman–Crippen MR) is 139 cm³/mol. The largest absolute Gasteiger partial charge is 0.480 e. The zero-order valence-corrected chi connectivity index (χ0v) is 22.1. The highest BCUT2D eigenvalue weighted by Gasteiger charge is 2.31. The fraction of sp³-hybridized carbons (Fsp3) is 0.696. The van der Waals surface area contributed by atoms with Gasteiger partial charge in [-0.3, -0.25) is 14.4 Å². The van der Waals surface area contributed by atoms with E-state index in [9.17, 15) is 24.3 Å². The maximum Gasteiger partial charge on any atom is 0.326 e. The summed E-state index contributed by atoms with van der Waals surface area (Å²) >= 11 is 1.47. The fourth-order valence-electron chi connectivity index (χ4n) is 3.48. The van der Waals surface area contributed by atoms with E-state index in [2.05, 4.69) is 25.9 Å². The first kappa shape index (κ1) is 31.4. The molecule has 0 aliphatic carbocycles. The van der Waals surface area contributed by atoms with Gasteiger partial charge in [0.05, 0.1) is 12.4 Å². The summed E-state index contributed by atoms with van der Waals surface area (Å²) in [4.78, 5) is 57.3. The van der Waals surface area contributed by atoms with E-state index in [-0.39, 0.29) is 18.8 Å². The molecule has 1 aromatic heterocycles. The van der Waals surface area contributed by atoms with E-state index < -0.39 is 47.9 Å². The zero-order valence-electron chi connectivity index (χ0n) is 21.3. The number of rotatable bonds is 18. The second-order valence-electron chi connectivity index (χ2n) is 9.10. The molecule has 0 aliphatic rings. The Hall–Kier alpha value is -2.64. The van der Waals surface area contributed by atoms with E-state index in [0.29, 0.717) is 37.3 Å². The van der Waals surface area contributed by atoms with Gasteiger partial charge in [-0.15, -0.1) is 0 Å². The van der Waals surface area contributed by atoms with Gasteiger partial charge in [-0.1, -0.05) is 20.3 Å². The third-order valence-corrected chi connectivity index (χ3v) is 6.13. The van der Waals surface area contributed by atoms with E-state index in [1.165, 1.54) is 24.3 Å². The van der Waals surface area contributed by atoms with Crippen LogP contribution in [0.2, 0.25) is 0 Å². The first-order chi connectivity index (χ1) is 17.1. The summed E-state index contributed by atoms with van der Waals surface area (Å²) in [6, 6.07) is -3.87. The Bertz CT molecular complexity index is 822. The molecule has 0 aliphatic heterocycles. The number of carbonyl (C=O) groups is 4. The van der Waals surface area contributed by atoms with Gasteiger partial charge in [0, 0.05) is 18.3 Å². The van der Waals surface area contributed by atoms with Crippen molar-refractivity contribution in [2.45, 2.75) is 76.5 Å². The summed E-state index contributed by atoms with van der Waals surface area (Å²) in [5.41, 5.74) is 12.1. The second-order valence-corrected chi connectivity index (χ2v) is 10.1. The number of nitrogens with two attached hydrogens (primary N) is 2. The lowest BCUT2D eigenvalue weighted by atomic mass is 10.0. The van der Waals surface area contributed by atoms with Gasteiger partial charge in [0.15, 0.2) is 0 Å². The second kappa shape index (κ2) is 16.9. The fourth-order valence-corrected chi connectivity index (χ4v) is 3.96. The van der Waals surface area contributed by atoms with E-state index in [0.717, 1.165) is 6.42 Å². The molecule has 1 aromatic rings. The van der Waals surface area contributed by atoms with Crippen LogP contribution in [-0.4, -0.2) is 81.5 Å². The molecule has 0 radical (unpaired) electrons. The Morgan fingerprint density at radius 1 is 1.03 bits per heavy atom. The van der Waals surface area contributed by atoms with Gasteiger partial charge in [0.2, 0.25) is 17.7 Å². The number of carboxylic acid groups (broad SMARTS) is 1. The van der Waals surface area contributed by atoms with Crippen molar-refractivity contribution in [1.82, 2.24) is 25.9 Å². The Labute approximate surface area is 216 Å². The van der Waals surface area contributed by atoms with Crippen LogP contribution in [0.3, 0.4) is 0 Å². The van der Waals surface area contributed by atoms with Crippen molar-refractivity contribution in [3.63, 3.8) is 0 Å². The molecule has 0 spiro atoms. The van der Waals surface area contributed by atoms with Crippen molar-refractivity contribution in [2.75, 3.05) is 18.6 Å². The molecular formula is C23H41N7O5S. The lowest BCUT2D eigenvalue weighted by molar-refractivity contribution is -0.142. The molecule has 1 heterocycles. The Morgan fingerprint density at radius 3 is 2.22 bits per heavy atom. The van der Waals surface area contributed by atoms with E-state index in [1.54, 1.807) is 0 Å². The normalized spacial score (nSPS) is 14.5. The molecule has 204 valence electrons. The monoisotopic (exact) mass is 527 g/mol. The van der Waals surface area contributed by atoms with Crippen LogP contribution in [0.5, 0.6) is 0 Å². The molecular weight excluding hydrogens is 486 g/mol. The highest BCUT2D eigenvalue weighted by atomic mass is 32.2. The number of carbonyl (C=O) groups excluding carboxylic acids is 3. The minimum Gasteiger partial charge on any atom is -0.480 e. The Kier molecular flexibility index (Phi) is 14.8. The van der Waals surface area contributed by atoms with Gasteiger partial charge >= 0.3 is 5.97 Å². The summed E-state index contributed by atoms with van der Waals surface area (Å²) in [6.45, 7) is 4.32. The van der Waals surface area contributed by atoms with Crippen molar-refractivity contribution in [3.05, 3.63) is 18.2 Å². The predicted octanol–water partition coefficient (Wildman–Crippen LogP) is -0.253. The minimum atomic E-state index is -1.16. The van der Waals surface area contributed by atoms with Crippen molar-refractivity contribution in [3.8, 4) is 0 Å². The highest BCUT2D eigenvalue weighted by Crippen LogP contribution is 2.09. The number of hydrogen-bond donors (Lipinski definition) is 7. The van der Waals surface area contributed by atoms with E-state index >= 15 is 0 Å². The van der Waals surface area contributed by atoms with Crippen molar-refractivity contribution < 1.29 is 24.3 Å². The molecule has 1 rings (SSSR count). The molecule has 0 aromatic carbocycles. The number of aromatic nitrogens is 2. The molecule has 0 saturated carbocycles. The van der Waals surface area contributed by atoms with Crippen LogP contribution in [0.1, 0.15) is 51.6 Å². The van der Waals surface area contributed by atoms with Crippen molar-refractivity contribution in [2.24, 2.45) is 17.4 Å². The molecule has 36 heavy (non-hydrogen) atoms. The quantitative estimate of drug-likeness (QED) is 0.125. The summed E-state index contributed by atoms with van der Waals surface area (Å²) in [5, 5.41) is 17.4. The van der Waals surface area contributed by atoms with Gasteiger partial charge in [-0.05, 0) is 50.2 Å². The molecule has 4 atom stereocenters. The molecule has 0 saturated heterocycles. The number of aliphatic carboxylic acids is 1. The number of carboxylic acids is 1. The number of imidazole rings is 1. The third-order valence-electron chi connectivity index (χ3n) is 5.48. The maximum atomic E-state index is 13.2. The number of aromatic amines is 1. The smallest absolute Gasteiger partial charge is 0.326 e. The first-order valence-electron chi connectivity index (χ1n) is 12.1. The summed E-state index contributed by atoms with van der Waals surface area (Å²) < 4.78 is 0. The number of unbranched alkanes of at least 4 members (excludes halogenated alkanes) is 1. The zero-order chi connectivity index (χ0) is 27.1. The molecule has 0 bridgehead atoms. The maximum absolute atomic E-state index is 13.2. The van der Waals surface area contributed by atoms with E-state index in [4.69, 9.17) is 11.5 Å². The highest BCUT2D eigenvalue weighted by molar-refractivity contribution is 7.98. The van der Waals surface area contributed by atoms with Crippen molar-refractivity contribution in [1.29, 1.82) is 0 Å². The van der Waals surface area contributed by atoms with E-state index in [1.807, 2.05) is 20.1 Å². The van der Waals surface area contributed by atoms with Gasteiger partial charge in [0.25, 0.3) is 0 Å². The topological polar surface area (TPSA) is 205 Å². The molecule has 13 heteroatoms. The van der Waals surface area contributed by atoms with Gasteiger partial charge in [-0.25, -0.2) is 9.78 Å². The van der Waals surface area contributed by atoms with Gasteiger partial charge < -0.3 is 37.5 Å². The van der Waals surface area contributed by atoms with Crippen LogP contribution in [0, 0.1) is 5.92 Å². The van der Waals surface area contributed by atoms with Crippen LogP contribution in [0.25, 0.3) is 0 Å². The number of nitrogens with one attached hydrogen (secondary N) is 4. The number of H-pyrrole nitrogens is 1. The van der Waals surface area contributed by atoms with Crippen molar-refractivity contribution >= 4 is 35.5 Å². The average Bonchev–Trinajstić information content (AvgIpc) is 3.33. The Balaban J connectivity index is 2.99. The molecule has 12 nitrogen and oxygen atoms in total. The molecule has 4 unspecified atom stereocenters. The lowest BCUT2D eigenvalue weighted by Crippen LogP contribution is -2.58. The van der Waals surface area contributed by atoms with Crippen LogP contribution < -0.4 is 27.4 Å². The van der Waals surface area contributed by atoms with Crippen LogP contribution in [-0.2, 0) is 25.6 Å². The standard InChI is InChI=1S/C23H41N7O5S/c1-14(2)10-18(29-20(31)16(25)6-4-5-8-24)21(32)30-19(11-15-12-26-13-27-15)22(33)28-17(23(34)35)7-9-36-3/h12-14,16-19H,4-11,24-25H2,1-3H3,(H,26,27)(H,28,33)(H,29,31)(H,30,32)(H,34,35). The Morgan fingerprint density at radius 2 is 1.67 bits per heavy atom. The van der Waals surface area contributed by atoms with Gasteiger partial charge in [-0.2, -0.15) is 11.8 Å². The number of nitrogens with zero attached hydrogens (tertiary/aromatic N) is 1. The molecule has 3 amide bonds. The van der Waals surface area contributed by atoms with Crippen LogP contribution >= 0.6 is 11.8 Å². The average molecular weight is 528 g/mol. The first-order valence-corrected chi connectivity index (χ1v) is 13.5. The summed E-state index contributed by atoms with van der Waals surface area (Å²) in [6.07, 6.45) is 7.31. The minimum absolute atomic E-state index is 0.0629. The van der Waals surface area contributed by atoms with Crippen LogP contribution in [0.4, 0.5) is 0 Å². The summed E-state index contributed by atoms with van der Waals surface area (Å²) in [7, 11) is 0. The number of thioether (sulfide) groups is 1. The number of hydrogen-bond acceptors (Lipinski definition) is 8. The number of amides is 3.